The van der Waals surface area contributed by atoms with Crippen molar-refractivity contribution in [3.63, 3.8) is 0 Å². The summed E-state index contributed by atoms with van der Waals surface area (Å²) < 4.78 is 5.27. The molecule has 0 aromatic carbocycles. The third kappa shape index (κ3) is 1.48. The summed E-state index contributed by atoms with van der Waals surface area (Å²) in [6.07, 6.45) is 2.31. The lowest BCUT2D eigenvalue weighted by Crippen LogP contribution is -2.68. The van der Waals surface area contributed by atoms with Gasteiger partial charge >= 0.3 is 0 Å². The third-order valence-corrected chi connectivity index (χ3v) is 2.61. The molecule has 0 aromatic rings. The summed E-state index contributed by atoms with van der Waals surface area (Å²) in [5.74, 6) is 0. The van der Waals surface area contributed by atoms with E-state index in [1.165, 1.54) is 0 Å². The van der Waals surface area contributed by atoms with Crippen LogP contribution in [0.15, 0.2) is 0 Å². The molecule has 0 amide bonds. The Labute approximate surface area is 61.7 Å². The Hall–Kier alpha value is -0.120. The summed E-state index contributed by atoms with van der Waals surface area (Å²) in [5.41, 5.74) is 8.33. The zero-order valence-corrected chi connectivity index (χ0v) is 6.57. The Morgan fingerprint density at radius 2 is 1.60 bits per heavy atom. The summed E-state index contributed by atoms with van der Waals surface area (Å²) in [7, 11) is 0. The van der Waals surface area contributed by atoms with Crippen LogP contribution >= 0.6 is 0 Å². The predicted molar refractivity (Wildman–Crippen MR) is 38.0 cm³/mol. The van der Waals surface area contributed by atoms with Crippen LogP contribution in [0.1, 0.15) is 12.8 Å². The van der Waals surface area contributed by atoms with Crippen LogP contribution in [0.5, 0.6) is 0 Å². The highest BCUT2D eigenvalue weighted by molar-refractivity contribution is 4.78. The quantitative estimate of drug-likeness (QED) is 0.477. The second kappa shape index (κ2) is 3.32. The predicted octanol–water partition coefficient (Wildman–Crippen LogP) is -1.73. The van der Waals surface area contributed by atoms with E-state index in [9.17, 15) is 0 Å². The zero-order chi connectivity index (χ0) is 7.45. The molecule has 0 atom stereocenters. The summed E-state index contributed by atoms with van der Waals surface area (Å²) in [4.78, 5) is 0. The molecule has 6 N–H and O–H groups in total. The molecule has 1 saturated heterocycles. The van der Waals surface area contributed by atoms with Crippen LogP contribution in [-0.4, -0.2) is 26.3 Å². The largest absolute Gasteiger partial charge is 0.381 e. The van der Waals surface area contributed by atoms with Crippen molar-refractivity contribution in [3.05, 3.63) is 0 Å². The molecule has 0 unspecified atom stereocenters. The molecule has 0 aliphatic carbocycles. The van der Waals surface area contributed by atoms with Crippen LogP contribution in [0.3, 0.4) is 0 Å². The molecule has 10 heavy (non-hydrogen) atoms. The van der Waals surface area contributed by atoms with E-state index in [1.807, 2.05) is 0 Å². The van der Waals surface area contributed by atoms with Crippen LogP contribution < -0.4 is 11.5 Å². The summed E-state index contributed by atoms with van der Waals surface area (Å²) in [5, 5.41) is 0. The molecular formula is C7H18N2O+2. The summed E-state index contributed by atoms with van der Waals surface area (Å²) in [6.45, 7) is 3.84. The van der Waals surface area contributed by atoms with Crippen LogP contribution in [-0.2, 0) is 4.74 Å². The van der Waals surface area contributed by atoms with E-state index in [-0.39, 0.29) is 0 Å². The molecule has 0 saturated carbocycles. The number of quaternary nitrogens is 2. The molecule has 3 nitrogen and oxygen atoms in total. The lowest BCUT2D eigenvalue weighted by molar-refractivity contribution is -0.448. The van der Waals surface area contributed by atoms with Crippen LogP contribution in [0.4, 0.5) is 0 Å². The summed E-state index contributed by atoms with van der Waals surface area (Å²) in [6, 6.07) is 0. The first-order valence-electron chi connectivity index (χ1n) is 3.99. The van der Waals surface area contributed by atoms with Crippen molar-refractivity contribution in [2.75, 3.05) is 26.3 Å². The molecule has 0 bridgehead atoms. The van der Waals surface area contributed by atoms with Crippen LogP contribution in [0, 0.1) is 5.41 Å². The van der Waals surface area contributed by atoms with E-state index in [0.29, 0.717) is 5.41 Å². The van der Waals surface area contributed by atoms with E-state index in [1.54, 1.807) is 0 Å². The lowest BCUT2D eigenvalue weighted by Gasteiger charge is -2.30. The van der Waals surface area contributed by atoms with Gasteiger partial charge in [-0.25, -0.2) is 0 Å². The first-order chi connectivity index (χ1) is 4.83. The van der Waals surface area contributed by atoms with E-state index in [0.717, 1.165) is 39.1 Å². The van der Waals surface area contributed by atoms with Gasteiger partial charge in [0.1, 0.15) is 0 Å². The van der Waals surface area contributed by atoms with Gasteiger partial charge in [0.15, 0.2) is 0 Å². The van der Waals surface area contributed by atoms with Gasteiger partial charge < -0.3 is 16.2 Å². The molecule has 1 aliphatic rings. The number of rotatable bonds is 2. The monoisotopic (exact) mass is 146 g/mol. The van der Waals surface area contributed by atoms with Gasteiger partial charge in [-0.1, -0.05) is 0 Å². The van der Waals surface area contributed by atoms with Crippen molar-refractivity contribution in [3.8, 4) is 0 Å². The molecule has 1 heterocycles. The van der Waals surface area contributed by atoms with Crippen molar-refractivity contribution < 1.29 is 16.2 Å². The van der Waals surface area contributed by atoms with Crippen molar-refractivity contribution in [1.29, 1.82) is 0 Å². The molecule has 1 fully saturated rings. The summed E-state index contributed by atoms with van der Waals surface area (Å²) >= 11 is 0. The third-order valence-electron chi connectivity index (χ3n) is 2.61. The number of hydrogen-bond donors (Lipinski definition) is 2. The zero-order valence-electron chi connectivity index (χ0n) is 6.57. The number of hydrogen-bond acceptors (Lipinski definition) is 1. The maximum atomic E-state index is 5.27. The van der Waals surface area contributed by atoms with Gasteiger partial charge in [-0.3, -0.25) is 0 Å². The van der Waals surface area contributed by atoms with E-state index >= 15 is 0 Å². The molecular weight excluding hydrogens is 128 g/mol. The normalized spacial score (nSPS) is 24.6. The first-order valence-corrected chi connectivity index (χ1v) is 3.99. The number of ether oxygens (including phenoxy) is 1. The average molecular weight is 146 g/mol. The Morgan fingerprint density at radius 1 is 1.10 bits per heavy atom. The molecule has 60 valence electrons. The maximum Gasteiger partial charge on any atom is 0.0853 e. The minimum absolute atomic E-state index is 0.415. The van der Waals surface area contributed by atoms with E-state index < -0.39 is 0 Å². The molecule has 3 heteroatoms. The van der Waals surface area contributed by atoms with Crippen molar-refractivity contribution in [2.45, 2.75) is 12.8 Å². The Morgan fingerprint density at radius 3 is 1.90 bits per heavy atom. The highest BCUT2D eigenvalue weighted by atomic mass is 16.5. The Kier molecular flexibility index (Phi) is 2.65. The molecule has 1 aliphatic heterocycles. The SMILES string of the molecule is [NH3+]CC1(C[NH3+])CCOCC1. The molecule has 0 spiro atoms. The van der Waals surface area contributed by atoms with Crippen molar-refractivity contribution in [1.82, 2.24) is 0 Å². The molecule has 0 aromatic heterocycles. The fourth-order valence-electron chi connectivity index (χ4n) is 1.43. The highest BCUT2D eigenvalue weighted by Gasteiger charge is 2.33. The fourth-order valence-corrected chi connectivity index (χ4v) is 1.43. The first kappa shape index (κ1) is 7.98. The topological polar surface area (TPSA) is 64.5 Å². The molecule has 0 radical (unpaired) electrons. The van der Waals surface area contributed by atoms with Gasteiger partial charge in [0.05, 0.1) is 18.5 Å². The standard InChI is InChI=1S/C7H16N2O/c8-5-7(6-9)1-3-10-4-2-7/h1-6,8-9H2/p+2. The Balaban J connectivity index is 2.44. The van der Waals surface area contributed by atoms with Gasteiger partial charge in [-0.05, 0) is 12.8 Å². The van der Waals surface area contributed by atoms with Gasteiger partial charge in [0.2, 0.25) is 0 Å². The van der Waals surface area contributed by atoms with Gasteiger partial charge in [-0.2, -0.15) is 0 Å². The maximum absolute atomic E-state index is 5.27. The second-order valence-electron chi connectivity index (χ2n) is 3.11. The minimum atomic E-state index is 0.415. The van der Waals surface area contributed by atoms with E-state index in [2.05, 4.69) is 11.5 Å². The smallest absolute Gasteiger partial charge is 0.0853 e. The fraction of sp³-hybridized carbons (Fsp3) is 1.00. The second-order valence-corrected chi connectivity index (χ2v) is 3.11. The lowest BCUT2D eigenvalue weighted by atomic mass is 9.80. The molecule has 1 rings (SSSR count). The van der Waals surface area contributed by atoms with Crippen LogP contribution in [0.2, 0.25) is 0 Å². The average Bonchev–Trinajstić information content (AvgIpc) is 2.06. The Bertz CT molecular complexity index is 93.8. The van der Waals surface area contributed by atoms with Gasteiger partial charge in [0, 0.05) is 13.2 Å². The van der Waals surface area contributed by atoms with Gasteiger partial charge in [-0.15, -0.1) is 0 Å². The van der Waals surface area contributed by atoms with Crippen LogP contribution in [0.25, 0.3) is 0 Å². The van der Waals surface area contributed by atoms with E-state index in [4.69, 9.17) is 4.74 Å². The minimum Gasteiger partial charge on any atom is -0.381 e. The highest BCUT2D eigenvalue weighted by Crippen LogP contribution is 2.26. The van der Waals surface area contributed by atoms with Crippen molar-refractivity contribution in [2.24, 2.45) is 5.41 Å². The van der Waals surface area contributed by atoms with Gasteiger partial charge in [0.25, 0.3) is 0 Å². The van der Waals surface area contributed by atoms with Crippen molar-refractivity contribution >= 4 is 0 Å².